The van der Waals surface area contributed by atoms with Gasteiger partial charge in [-0.25, -0.2) is 9.78 Å². The summed E-state index contributed by atoms with van der Waals surface area (Å²) in [7, 11) is 1.35. The van der Waals surface area contributed by atoms with Crippen LogP contribution in [0.15, 0.2) is 71.7 Å². The second kappa shape index (κ2) is 6.92. The van der Waals surface area contributed by atoms with Crippen LogP contribution in [0, 0.1) is 0 Å². The quantitative estimate of drug-likeness (QED) is 0.568. The summed E-state index contributed by atoms with van der Waals surface area (Å²) in [5.41, 5.74) is 3.76. The second-order valence-corrected chi connectivity index (χ2v) is 6.11. The highest BCUT2D eigenvalue weighted by Gasteiger charge is 2.14. The number of methoxy groups -OCH3 is 1. The van der Waals surface area contributed by atoms with Crippen LogP contribution in [0.2, 0.25) is 0 Å². The van der Waals surface area contributed by atoms with E-state index in [1.165, 1.54) is 7.11 Å². The molecule has 6 heteroatoms. The molecule has 0 saturated carbocycles. The molecule has 0 aliphatic heterocycles. The van der Waals surface area contributed by atoms with Crippen LogP contribution in [0.25, 0.3) is 22.4 Å². The Hall–Kier alpha value is -3.67. The fraction of sp³-hybridized carbons (Fsp3) is 0.0952. The largest absolute Gasteiger partial charge is 0.465 e. The lowest BCUT2D eigenvalue weighted by Crippen LogP contribution is -2.24. The number of para-hydroxylation sites is 2. The van der Waals surface area contributed by atoms with Crippen molar-refractivity contribution in [3.63, 3.8) is 0 Å². The predicted molar refractivity (Wildman–Crippen MR) is 103 cm³/mol. The number of hydrogen-bond donors (Lipinski definition) is 1. The maximum atomic E-state index is 13.1. The number of aromatic nitrogens is 3. The van der Waals surface area contributed by atoms with Crippen molar-refractivity contribution in [1.29, 1.82) is 0 Å². The summed E-state index contributed by atoms with van der Waals surface area (Å²) in [6, 6.07) is 18.2. The highest BCUT2D eigenvalue weighted by molar-refractivity contribution is 5.89. The average molecular weight is 359 g/mol. The van der Waals surface area contributed by atoms with Crippen LogP contribution < -0.4 is 5.56 Å². The minimum Gasteiger partial charge on any atom is -0.465 e. The summed E-state index contributed by atoms with van der Waals surface area (Å²) in [6.45, 7) is 0.372. The summed E-state index contributed by atoms with van der Waals surface area (Å²) in [6.07, 6.45) is 1.77. The molecule has 27 heavy (non-hydrogen) atoms. The van der Waals surface area contributed by atoms with Crippen LogP contribution >= 0.6 is 0 Å². The van der Waals surface area contributed by atoms with Gasteiger partial charge >= 0.3 is 5.97 Å². The van der Waals surface area contributed by atoms with Crippen molar-refractivity contribution in [3.05, 3.63) is 88.3 Å². The van der Waals surface area contributed by atoms with E-state index in [4.69, 9.17) is 4.74 Å². The molecule has 0 bridgehead atoms. The third kappa shape index (κ3) is 3.13. The molecular weight excluding hydrogens is 342 g/mol. The van der Waals surface area contributed by atoms with Crippen molar-refractivity contribution in [3.8, 4) is 11.4 Å². The molecule has 1 N–H and O–H groups in total. The van der Waals surface area contributed by atoms with Crippen LogP contribution in [0.4, 0.5) is 0 Å². The molecule has 0 amide bonds. The summed E-state index contributed by atoms with van der Waals surface area (Å²) in [5, 5.41) is 0. The van der Waals surface area contributed by atoms with Crippen LogP contribution in [-0.4, -0.2) is 27.6 Å². The molecular formula is C21H17N3O3. The van der Waals surface area contributed by atoms with Crippen LogP contribution in [0.3, 0.4) is 0 Å². The zero-order chi connectivity index (χ0) is 18.8. The minimum atomic E-state index is -0.387. The number of rotatable bonds is 4. The lowest BCUT2D eigenvalue weighted by Gasteiger charge is -2.12. The fourth-order valence-corrected chi connectivity index (χ4v) is 3.05. The standard InChI is InChI=1S/C21H17N3O3/c1-27-21(26)15-10-8-14(9-11-15)13-24-18-7-3-2-5-16(18)23-19(20(24)25)17-6-4-12-22-17/h2-12,22H,13H2,1H3. The first-order valence-electron chi connectivity index (χ1n) is 8.48. The van der Waals surface area contributed by atoms with Crippen LogP contribution in [0.5, 0.6) is 0 Å². The van der Waals surface area contributed by atoms with Gasteiger partial charge in [0.05, 0.1) is 35.9 Å². The normalized spacial score (nSPS) is 10.9. The van der Waals surface area contributed by atoms with Crippen LogP contribution in [0.1, 0.15) is 15.9 Å². The van der Waals surface area contributed by atoms with Gasteiger partial charge in [0, 0.05) is 6.20 Å². The van der Waals surface area contributed by atoms with E-state index < -0.39 is 0 Å². The molecule has 0 spiro atoms. The first-order valence-corrected chi connectivity index (χ1v) is 8.48. The van der Waals surface area contributed by atoms with Gasteiger partial charge in [0.25, 0.3) is 5.56 Å². The molecule has 4 rings (SSSR count). The van der Waals surface area contributed by atoms with E-state index in [2.05, 4.69) is 9.97 Å². The fourth-order valence-electron chi connectivity index (χ4n) is 3.05. The van der Waals surface area contributed by atoms with Crippen molar-refractivity contribution in [2.75, 3.05) is 7.11 Å². The van der Waals surface area contributed by atoms with Gasteiger partial charge in [0.1, 0.15) is 0 Å². The molecule has 134 valence electrons. The number of nitrogens with zero attached hydrogens (tertiary/aromatic N) is 2. The monoisotopic (exact) mass is 359 g/mol. The first kappa shape index (κ1) is 16.8. The van der Waals surface area contributed by atoms with Gasteiger partial charge in [0.2, 0.25) is 0 Å². The number of aromatic amines is 1. The number of fused-ring (bicyclic) bond motifs is 1. The first-order chi connectivity index (χ1) is 13.2. The van der Waals surface area contributed by atoms with Gasteiger partial charge in [-0.3, -0.25) is 4.79 Å². The number of ether oxygens (including phenoxy) is 1. The highest BCUT2D eigenvalue weighted by Crippen LogP contribution is 2.17. The predicted octanol–water partition coefficient (Wildman–Crippen LogP) is 3.23. The highest BCUT2D eigenvalue weighted by atomic mass is 16.5. The summed E-state index contributed by atoms with van der Waals surface area (Å²) in [4.78, 5) is 32.3. The SMILES string of the molecule is COC(=O)c1ccc(Cn2c(=O)c(-c3ccc[nH]3)nc3ccccc32)cc1. The van der Waals surface area contributed by atoms with Gasteiger partial charge in [-0.05, 0) is 42.0 Å². The van der Waals surface area contributed by atoms with E-state index in [0.29, 0.717) is 23.5 Å². The molecule has 0 fully saturated rings. The lowest BCUT2D eigenvalue weighted by molar-refractivity contribution is 0.0600. The number of carbonyl (C=O) groups excluding carboxylic acids is 1. The van der Waals surface area contributed by atoms with Crippen molar-refractivity contribution >= 4 is 17.0 Å². The molecule has 0 aliphatic rings. The molecule has 2 aromatic carbocycles. The summed E-state index contributed by atoms with van der Waals surface area (Å²) >= 11 is 0. The third-order valence-electron chi connectivity index (χ3n) is 4.42. The Labute approximate surface area is 155 Å². The van der Waals surface area contributed by atoms with Crippen molar-refractivity contribution in [2.45, 2.75) is 6.54 Å². The van der Waals surface area contributed by atoms with Crippen molar-refractivity contribution in [2.24, 2.45) is 0 Å². The van der Waals surface area contributed by atoms with Gasteiger partial charge in [0.15, 0.2) is 5.69 Å². The number of esters is 1. The Balaban J connectivity index is 1.82. The number of benzene rings is 2. The van der Waals surface area contributed by atoms with E-state index in [0.717, 1.165) is 16.6 Å². The van der Waals surface area contributed by atoms with Crippen molar-refractivity contribution < 1.29 is 9.53 Å². The Morgan fingerprint density at radius 3 is 2.56 bits per heavy atom. The molecule has 6 nitrogen and oxygen atoms in total. The van der Waals surface area contributed by atoms with E-state index in [1.54, 1.807) is 22.9 Å². The second-order valence-electron chi connectivity index (χ2n) is 6.11. The maximum Gasteiger partial charge on any atom is 0.337 e. The summed E-state index contributed by atoms with van der Waals surface area (Å²) in [5.74, 6) is -0.387. The smallest absolute Gasteiger partial charge is 0.337 e. The van der Waals surface area contributed by atoms with E-state index >= 15 is 0 Å². The molecule has 0 aliphatic carbocycles. The van der Waals surface area contributed by atoms with E-state index in [9.17, 15) is 9.59 Å². The molecule has 0 saturated heterocycles. The zero-order valence-corrected chi connectivity index (χ0v) is 14.7. The van der Waals surface area contributed by atoms with Gasteiger partial charge < -0.3 is 14.3 Å². The van der Waals surface area contributed by atoms with E-state index in [-0.39, 0.29) is 11.5 Å². The molecule has 2 heterocycles. The Kier molecular flexibility index (Phi) is 4.30. The summed E-state index contributed by atoms with van der Waals surface area (Å²) < 4.78 is 6.42. The van der Waals surface area contributed by atoms with Gasteiger partial charge in [-0.2, -0.15) is 0 Å². The van der Waals surface area contributed by atoms with Crippen molar-refractivity contribution in [1.82, 2.24) is 14.5 Å². The van der Waals surface area contributed by atoms with E-state index in [1.807, 2.05) is 48.5 Å². The lowest BCUT2D eigenvalue weighted by atomic mass is 10.1. The Morgan fingerprint density at radius 1 is 1.07 bits per heavy atom. The Morgan fingerprint density at radius 2 is 1.85 bits per heavy atom. The molecule has 2 aromatic heterocycles. The molecule has 0 unspecified atom stereocenters. The minimum absolute atomic E-state index is 0.173. The van der Waals surface area contributed by atoms with Gasteiger partial charge in [-0.15, -0.1) is 0 Å². The number of H-pyrrole nitrogens is 1. The maximum absolute atomic E-state index is 13.1. The third-order valence-corrected chi connectivity index (χ3v) is 4.42. The molecule has 0 radical (unpaired) electrons. The number of carbonyl (C=O) groups is 1. The number of nitrogens with one attached hydrogen (secondary N) is 1. The molecule has 0 atom stereocenters. The van der Waals surface area contributed by atoms with Crippen LogP contribution in [-0.2, 0) is 11.3 Å². The Bertz CT molecular complexity index is 1160. The average Bonchev–Trinajstić information content (AvgIpc) is 3.24. The zero-order valence-electron chi connectivity index (χ0n) is 14.7. The van der Waals surface area contributed by atoms with Gasteiger partial charge in [-0.1, -0.05) is 24.3 Å². The molecule has 4 aromatic rings. The number of hydrogen-bond acceptors (Lipinski definition) is 4. The topological polar surface area (TPSA) is 77.0 Å².